The molecule has 0 unspecified atom stereocenters. The van der Waals surface area contributed by atoms with E-state index in [0.29, 0.717) is 4.77 Å². The van der Waals surface area contributed by atoms with Crippen LogP contribution in [0, 0.1) is 4.77 Å². The number of imidazole rings is 1. The number of fused-ring (bicyclic) bond motifs is 1. The number of aromatic amines is 2. The van der Waals surface area contributed by atoms with Crippen molar-refractivity contribution in [1.29, 1.82) is 0 Å². The van der Waals surface area contributed by atoms with Crippen LogP contribution in [0.25, 0.3) is 11.0 Å². The fourth-order valence-electron chi connectivity index (χ4n) is 1.21. The Labute approximate surface area is 88.2 Å². The molecule has 0 amide bonds. The number of methoxy groups -OCH3 is 1. The molecule has 3 nitrogen and oxygen atoms in total. The van der Waals surface area contributed by atoms with E-state index in [1.54, 1.807) is 7.11 Å². The van der Waals surface area contributed by atoms with Crippen LogP contribution in [0.2, 0.25) is 0 Å². The molecule has 1 heterocycles. The number of benzene rings is 1. The smallest absolute Gasteiger partial charge is 0.175 e. The van der Waals surface area contributed by atoms with Crippen molar-refractivity contribution < 1.29 is 4.74 Å². The minimum atomic E-state index is 0.615. The highest BCUT2D eigenvalue weighted by atomic mass is 79.9. The van der Waals surface area contributed by atoms with E-state index in [0.717, 1.165) is 21.3 Å². The lowest BCUT2D eigenvalue weighted by atomic mass is 10.3. The molecule has 2 N–H and O–H groups in total. The normalized spacial score (nSPS) is 10.6. The monoisotopic (exact) mass is 258 g/mol. The van der Waals surface area contributed by atoms with Gasteiger partial charge in [0.2, 0.25) is 0 Å². The van der Waals surface area contributed by atoms with E-state index in [4.69, 9.17) is 17.0 Å². The van der Waals surface area contributed by atoms with Gasteiger partial charge in [-0.3, -0.25) is 0 Å². The third-order valence-corrected chi connectivity index (χ3v) is 2.80. The molecule has 0 radical (unpaired) electrons. The summed E-state index contributed by atoms with van der Waals surface area (Å²) < 4.78 is 6.65. The summed E-state index contributed by atoms with van der Waals surface area (Å²) in [5.41, 5.74) is 1.90. The van der Waals surface area contributed by atoms with E-state index < -0.39 is 0 Å². The Morgan fingerprint density at radius 1 is 1.38 bits per heavy atom. The van der Waals surface area contributed by atoms with Gasteiger partial charge < -0.3 is 14.7 Å². The highest BCUT2D eigenvalue weighted by Gasteiger charge is 2.06. The summed E-state index contributed by atoms with van der Waals surface area (Å²) >= 11 is 8.41. The van der Waals surface area contributed by atoms with Crippen molar-refractivity contribution in [3.8, 4) is 5.75 Å². The summed E-state index contributed by atoms with van der Waals surface area (Å²) in [6.07, 6.45) is 0. The first-order valence-corrected chi connectivity index (χ1v) is 4.87. The van der Waals surface area contributed by atoms with E-state index in [1.807, 2.05) is 12.1 Å². The molecule has 0 spiro atoms. The fraction of sp³-hybridized carbons (Fsp3) is 0.125. The van der Waals surface area contributed by atoms with E-state index in [9.17, 15) is 0 Å². The molecule has 0 aliphatic carbocycles. The number of nitrogens with one attached hydrogen (secondary N) is 2. The van der Waals surface area contributed by atoms with Crippen LogP contribution in [0.1, 0.15) is 0 Å². The average Bonchev–Trinajstić information content (AvgIpc) is 2.47. The van der Waals surface area contributed by atoms with Gasteiger partial charge >= 0.3 is 0 Å². The second kappa shape index (κ2) is 3.16. The standard InChI is InChI=1S/C8H7BrN2OS/c1-12-5-3-2-4-7(6(5)9)11-8(13)10-4/h2-3H,1H3,(H2,10,11,13). The van der Waals surface area contributed by atoms with Crippen molar-refractivity contribution in [3.63, 3.8) is 0 Å². The maximum atomic E-state index is 5.15. The van der Waals surface area contributed by atoms with E-state index >= 15 is 0 Å². The van der Waals surface area contributed by atoms with E-state index in [2.05, 4.69) is 25.9 Å². The number of halogens is 1. The van der Waals surface area contributed by atoms with Crippen LogP contribution in [-0.4, -0.2) is 17.1 Å². The molecule has 0 saturated heterocycles. The van der Waals surface area contributed by atoms with Gasteiger partial charge in [-0.15, -0.1) is 0 Å². The third-order valence-electron chi connectivity index (χ3n) is 1.81. The average molecular weight is 259 g/mol. The lowest BCUT2D eigenvalue weighted by molar-refractivity contribution is 0.413. The summed E-state index contributed by atoms with van der Waals surface area (Å²) in [5, 5.41) is 0. The molecule has 0 bridgehead atoms. The van der Waals surface area contributed by atoms with Crippen molar-refractivity contribution in [1.82, 2.24) is 9.97 Å². The molecule has 1 aromatic carbocycles. The van der Waals surface area contributed by atoms with Crippen LogP contribution < -0.4 is 4.74 Å². The summed E-state index contributed by atoms with van der Waals surface area (Å²) in [4.78, 5) is 6.06. The van der Waals surface area contributed by atoms with E-state index in [-0.39, 0.29) is 0 Å². The number of hydrogen-bond donors (Lipinski definition) is 2. The molecule has 0 atom stereocenters. The van der Waals surface area contributed by atoms with Crippen molar-refractivity contribution in [3.05, 3.63) is 21.4 Å². The van der Waals surface area contributed by atoms with Crippen LogP contribution >= 0.6 is 28.1 Å². The van der Waals surface area contributed by atoms with Crippen LogP contribution in [0.3, 0.4) is 0 Å². The van der Waals surface area contributed by atoms with Crippen molar-refractivity contribution in [2.24, 2.45) is 0 Å². The highest BCUT2D eigenvalue weighted by Crippen LogP contribution is 2.30. The number of rotatable bonds is 1. The Hall–Kier alpha value is -0.810. The third kappa shape index (κ3) is 1.38. The van der Waals surface area contributed by atoms with Gasteiger partial charge in [0.1, 0.15) is 5.75 Å². The molecular weight excluding hydrogens is 252 g/mol. The second-order valence-electron chi connectivity index (χ2n) is 2.58. The van der Waals surface area contributed by atoms with Gasteiger partial charge in [-0.05, 0) is 40.3 Å². The topological polar surface area (TPSA) is 40.8 Å². The fourth-order valence-corrected chi connectivity index (χ4v) is 2.03. The molecule has 2 rings (SSSR count). The Kier molecular flexibility index (Phi) is 2.13. The van der Waals surface area contributed by atoms with Gasteiger partial charge in [-0.2, -0.15) is 0 Å². The number of aromatic nitrogens is 2. The largest absolute Gasteiger partial charge is 0.495 e. The van der Waals surface area contributed by atoms with Gasteiger partial charge in [0.05, 0.1) is 22.6 Å². The van der Waals surface area contributed by atoms with Gasteiger partial charge in [0.15, 0.2) is 4.77 Å². The zero-order valence-corrected chi connectivity index (χ0v) is 9.25. The molecule has 68 valence electrons. The van der Waals surface area contributed by atoms with Crippen LogP contribution in [0.5, 0.6) is 5.75 Å². The van der Waals surface area contributed by atoms with Gasteiger partial charge in [-0.25, -0.2) is 0 Å². The highest BCUT2D eigenvalue weighted by molar-refractivity contribution is 9.10. The first kappa shape index (κ1) is 8.77. The summed E-state index contributed by atoms with van der Waals surface area (Å²) in [6.45, 7) is 0. The van der Waals surface area contributed by atoms with Gasteiger partial charge in [0.25, 0.3) is 0 Å². The Balaban J connectivity index is 2.85. The molecule has 0 saturated carbocycles. The SMILES string of the molecule is COc1ccc2[nH]c(=S)[nH]c2c1Br. The van der Waals surface area contributed by atoms with E-state index in [1.165, 1.54) is 0 Å². The maximum absolute atomic E-state index is 5.15. The predicted octanol–water partition coefficient (Wildman–Crippen LogP) is 3.00. The Morgan fingerprint density at radius 2 is 2.15 bits per heavy atom. The molecule has 0 fully saturated rings. The first-order chi connectivity index (χ1) is 6.22. The Bertz CT molecular complexity index is 502. The maximum Gasteiger partial charge on any atom is 0.175 e. The quantitative estimate of drug-likeness (QED) is 0.773. The van der Waals surface area contributed by atoms with Crippen LogP contribution in [0.4, 0.5) is 0 Å². The summed E-state index contributed by atoms with van der Waals surface area (Å²) in [6, 6.07) is 3.80. The van der Waals surface area contributed by atoms with Gasteiger partial charge in [0, 0.05) is 0 Å². The lowest BCUT2D eigenvalue weighted by Crippen LogP contribution is -1.84. The molecule has 5 heteroatoms. The predicted molar refractivity (Wildman–Crippen MR) is 57.7 cm³/mol. The van der Waals surface area contributed by atoms with Crippen LogP contribution in [0.15, 0.2) is 16.6 Å². The lowest BCUT2D eigenvalue weighted by Gasteiger charge is -2.02. The summed E-state index contributed by atoms with van der Waals surface area (Å²) in [5.74, 6) is 0.790. The van der Waals surface area contributed by atoms with Crippen LogP contribution in [-0.2, 0) is 0 Å². The molecule has 0 aliphatic heterocycles. The Morgan fingerprint density at radius 3 is 2.85 bits per heavy atom. The van der Waals surface area contributed by atoms with Crippen molar-refractivity contribution in [2.75, 3.05) is 7.11 Å². The molecular formula is C8H7BrN2OS. The molecule has 0 aliphatic rings. The zero-order chi connectivity index (χ0) is 9.42. The number of ether oxygens (including phenoxy) is 1. The van der Waals surface area contributed by atoms with Gasteiger partial charge in [-0.1, -0.05) is 0 Å². The molecule has 1 aromatic heterocycles. The summed E-state index contributed by atoms with van der Waals surface area (Å²) in [7, 11) is 1.63. The van der Waals surface area contributed by atoms with Crippen molar-refractivity contribution in [2.45, 2.75) is 0 Å². The number of H-pyrrole nitrogens is 2. The first-order valence-electron chi connectivity index (χ1n) is 3.67. The molecule has 2 aromatic rings. The minimum Gasteiger partial charge on any atom is -0.495 e. The second-order valence-corrected chi connectivity index (χ2v) is 3.78. The minimum absolute atomic E-state index is 0.615. The zero-order valence-electron chi connectivity index (χ0n) is 6.85. The molecule has 13 heavy (non-hydrogen) atoms. The van der Waals surface area contributed by atoms with Crippen molar-refractivity contribution >= 4 is 39.2 Å². The number of hydrogen-bond acceptors (Lipinski definition) is 2.